The van der Waals surface area contributed by atoms with Crippen LogP contribution in [0.4, 0.5) is 0 Å². The fraction of sp³-hybridized carbons (Fsp3) is 0.464. The van der Waals surface area contributed by atoms with Crippen molar-refractivity contribution in [1.82, 2.24) is 9.80 Å². The van der Waals surface area contributed by atoms with Crippen molar-refractivity contribution in [2.45, 2.75) is 32.1 Å². The maximum Gasteiger partial charge on any atom is 0.200 e. The maximum absolute atomic E-state index is 13.1. The minimum atomic E-state index is -0.0383. The molecule has 2 aliphatic rings. The van der Waals surface area contributed by atoms with Crippen LogP contribution in [-0.2, 0) is 0 Å². The van der Waals surface area contributed by atoms with Gasteiger partial charge in [0.2, 0.25) is 0 Å². The van der Waals surface area contributed by atoms with Gasteiger partial charge in [0.1, 0.15) is 36.6 Å². The molecule has 3 aromatic rings. The topological polar surface area (TPSA) is 55.1 Å². The van der Waals surface area contributed by atoms with E-state index in [1.54, 1.807) is 12.3 Å². The van der Waals surface area contributed by atoms with Crippen LogP contribution >= 0.6 is 0 Å². The average molecular weight is 463 g/mol. The van der Waals surface area contributed by atoms with E-state index in [2.05, 4.69) is 9.80 Å². The van der Waals surface area contributed by atoms with Crippen molar-refractivity contribution in [3.05, 3.63) is 59.0 Å². The Labute approximate surface area is 201 Å². The molecule has 2 saturated heterocycles. The van der Waals surface area contributed by atoms with Crippen molar-refractivity contribution in [1.29, 1.82) is 0 Å². The van der Waals surface area contributed by atoms with Crippen molar-refractivity contribution in [2.24, 2.45) is 0 Å². The second-order valence-electron chi connectivity index (χ2n) is 9.31. The predicted octanol–water partition coefficient (Wildman–Crippen LogP) is 4.80. The lowest BCUT2D eigenvalue weighted by molar-refractivity contribution is 0.183. The molecule has 0 N–H and O–H groups in total. The Kier molecular flexibility index (Phi) is 7.46. The van der Waals surface area contributed by atoms with E-state index < -0.39 is 0 Å². The molecular formula is C28H34N2O4. The van der Waals surface area contributed by atoms with Crippen molar-refractivity contribution in [3.8, 4) is 22.6 Å². The molecule has 1 aromatic heterocycles. The number of fused-ring (bicyclic) bond motifs is 1. The first-order chi connectivity index (χ1) is 16.8. The van der Waals surface area contributed by atoms with Gasteiger partial charge in [0.15, 0.2) is 5.43 Å². The Morgan fingerprint density at radius 1 is 0.735 bits per heavy atom. The zero-order chi connectivity index (χ0) is 23.2. The highest BCUT2D eigenvalue weighted by Gasteiger charge is 2.13. The van der Waals surface area contributed by atoms with Crippen molar-refractivity contribution >= 4 is 11.0 Å². The van der Waals surface area contributed by atoms with E-state index in [-0.39, 0.29) is 5.43 Å². The Hall–Kier alpha value is -2.83. The van der Waals surface area contributed by atoms with E-state index in [1.807, 2.05) is 36.4 Å². The number of piperidine rings is 1. The summed E-state index contributed by atoms with van der Waals surface area (Å²) in [5, 5.41) is 0.561. The smallest absolute Gasteiger partial charge is 0.200 e. The van der Waals surface area contributed by atoms with Crippen LogP contribution in [0.25, 0.3) is 22.1 Å². The Morgan fingerprint density at radius 2 is 1.32 bits per heavy atom. The largest absolute Gasteiger partial charge is 0.492 e. The summed E-state index contributed by atoms with van der Waals surface area (Å²) in [4.78, 5) is 18.0. The summed E-state index contributed by atoms with van der Waals surface area (Å²) < 4.78 is 17.6. The number of hydrogen-bond donors (Lipinski definition) is 0. The highest BCUT2D eigenvalue weighted by Crippen LogP contribution is 2.25. The summed E-state index contributed by atoms with van der Waals surface area (Å²) in [5.74, 6) is 1.55. The molecule has 0 atom stereocenters. The number of nitrogens with zero attached hydrogens (tertiary/aromatic N) is 2. The first-order valence-corrected chi connectivity index (χ1v) is 12.6. The molecule has 2 fully saturated rings. The number of hydrogen-bond acceptors (Lipinski definition) is 6. The molecule has 0 saturated carbocycles. The summed E-state index contributed by atoms with van der Waals surface area (Å²) in [6.45, 7) is 7.87. The lowest BCUT2D eigenvalue weighted by Gasteiger charge is -2.26. The minimum Gasteiger partial charge on any atom is -0.492 e. The van der Waals surface area contributed by atoms with Gasteiger partial charge in [-0.3, -0.25) is 14.6 Å². The number of likely N-dealkylation sites (tertiary alicyclic amines) is 2. The standard InChI is InChI=1S/C28H34N2O4/c31-28-25-11-10-24(33-19-17-30-14-4-5-15-30)20-27(25)34-21-26(28)22-6-8-23(9-7-22)32-18-16-29-12-2-1-3-13-29/h6-11,20-21H,1-5,12-19H2. The van der Waals surface area contributed by atoms with Gasteiger partial charge in [0.25, 0.3) is 0 Å². The molecule has 6 nitrogen and oxygen atoms in total. The fourth-order valence-corrected chi connectivity index (χ4v) is 4.90. The molecule has 180 valence electrons. The second kappa shape index (κ2) is 11.1. The molecule has 0 bridgehead atoms. The summed E-state index contributed by atoms with van der Waals surface area (Å²) in [7, 11) is 0. The van der Waals surface area contributed by atoms with Gasteiger partial charge in [0.05, 0.1) is 10.9 Å². The maximum atomic E-state index is 13.1. The molecule has 34 heavy (non-hydrogen) atoms. The van der Waals surface area contributed by atoms with Gasteiger partial charge in [-0.15, -0.1) is 0 Å². The van der Waals surface area contributed by atoms with Gasteiger partial charge < -0.3 is 13.9 Å². The van der Waals surface area contributed by atoms with E-state index in [0.29, 0.717) is 29.7 Å². The molecule has 6 heteroatoms. The van der Waals surface area contributed by atoms with Gasteiger partial charge in [-0.25, -0.2) is 0 Å². The van der Waals surface area contributed by atoms with Crippen LogP contribution in [0.2, 0.25) is 0 Å². The van der Waals surface area contributed by atoms with Crippen LogP contribution in [-0.4, -0.2) is 62.3 Å². The molecule has 0 amide bonds. The van der Waals surface area contributed by atoms with Crippen molar-refractivity contribution < 1.29 is 13.9 Å². The van der Waals surface area contributed by atoms with E-state index in [4.69, 9.17) is 13.9 Å². The van der Waals surface area contributed by atoms with Crippen LogP contribution in [0, 0.1) is 0 Å². The molecule has 2 aliphatic heterocycles. The van der Waals surface area contributed by atoms with Crippen LogP contribution < -0.4 is 14.9 Å². The van der Waals surface area contributed by atoms with Crippen LogP contribution in [0.5, 0.6) is 11.5 Å². The Morgan fingerprint density at radius 3 is 2.00 bits per heavy atom. The second-order valence-corrected chi connectivity index (χ2v) is 9.31. The normalized spacial score (nSPS) is 17.3. The third-order valence-corrected chi connectivity index (χ3v) is 6.91. The molecule has 5 rings (SSSR count). The number of benzene rings is 2. The van der Waals surface area contributed by atoms with Gasteiger partial charge in [-0.2, -0.15) is 0 Å². The summed E-state index contributed by atoms with van der Waals surface area (Å²) in [6, 6.07) is 13.2. The van der Waals surface area contributed by atoms with E-state index >= 15 is 0 Å². The molecule has 0 spiro atoms. The average Bonchev–Trinajstić information content (AvgIpc) is 3.39. The third-order valence-electron chi connectivity index (χ3n) is 6.91. The quantitative estimate of drug-likeness (QED) is 0.455. The van der Waals surface area contributed by atoms with Gasteiger partial charge in [-0.05, 0) is 81.7 Å². The zero-order valence-electron chi connectivity index (χ0n) is 19.8. The predicted molar refractivity (Wildman–Crippen MR) is 135 cm³/mol. The lowest BCUT2D eigenvalue weighted by Crippen LogP contribution is -2.33. The molecule has 0 aliphatic carbocycles. The highest BCUT2D eigenvalue weighted by atomic mass is 16.5. The van der Waals surface area contributed by atoms with Crippen LogP contribution in [0.15, 0.2) is 57.9 Å². The minimum absolute atomic E-state index is 0.0383. The lowest BCUT2D eigenvalue weighted by atomic mass is 10.1. The number of rotatable bonds is 9. The zero-order valence-corrected chi connectivity index (χ0v) is 19.8. The Balaban J connectivity index is 1.20. The number of ether oxygens (including phenoxy) is 2. The van der Waals surface area contributed by atoms with E-state index in [9.17, 15) is 4.79 Å². The van der Waals surface area contributed by atoms with Crippen molar-refractivity contribution in [2.75, 3.05) is 52.5 Å². The molecule has 2 aromatic carbocycles. The molecule has 3 heterocycles. The molecular weight excluding hydrogens is 428 g/mol. The molecule has 0 unspecified atom stereocenters. The first-order valence-electron chi connectivity index (χ1n) is 12.6. The summed E-state index contributed by atoms with van der Waals surface area (Å²) >= 11 is 0. The highest BCUT2D eigenvalue weighted by molar-refractivity contribution is 5.82. The van der Waals surface area contributed by atoms with Crippen LogP contribution in [0.1, 0.15) is 32.1 Å². The summed E-state index contributed by atoms with van der Waals surface area (Å²) in [5.41, 5.74) is 1.88. The first kappa shape index (κ1) is 22.9. The van der Waals surface area contributed by atoms with E-state index in [0.717, 1.165) is 43.2 Å². The summed E-state index contributed by atoms with van der Waals surface area (Å²) in [6.07, 6.45) is 8.02. The van der Waals surface area contributed by atoms with Crippen LogP contribution in [0.3, 0.4) is 0 Å². The third kappa shape index (κ3) is 5.62. The fourth-order valence-electron chi connectivity index (χ4n) is 4.90. The Bertz CT molecular complexity index is 1130. The van der Waals surface area contributed by atoms with Gasteiger partial charge >= 0.3 is 0 Å². The SMILES string of the molecule is O=c1c(-c2ccc(OCCN3CCCCC3)cc2)coc2cc(OCCN3CCCC3)ccc12. The monoisotopic (exact) mass is 462 g/mol. The van der Waals surface area contributed by atoms with Gasteiger partial charge in [-0.1, -0.05) is 18.6 Å². The van der Waals surface area contributed by atoms with Crippen molar-refractivity contribution in [3.63, 3.8) is 0 Å². The van der Waals surface area contributed by atoms with Gasteiger partial charge in [0, 0.05) is 19.2 Å². The van der Waals surface area contributed by atoms with E-state index in [1.165, 1.54) is 45.2 Å². The molecule has 0 radical (unpaired) electrons.